The molecule has 2 atom stereocenters. The van der Waals surface area contributed by atoms with Crippen LogP contribution in [0, 0.1) is 0 Å². The van der Waals surface area contributed by atoms with Gasteiger partial charge in [0.05, 0.1) is 19.3 Å². The maximum absolute atomic E-state index is 11.8. The Morgan fingerprint density at radius 1 is 1.56 bits per heavy atom. The van der Waals surface area contributed by atoms with Crippen molar-refractivity contribution in [1.29, 1.82) is 0 Å². The van der Waals surface area contributed by atoms with E-state index < -0.39 is 6.10 Å². The van der Waals surface area contributed by atoms with Crippen molar-refractivity contribution in [2.45, 2.75) is 25.1 Å². The number of amides is 1. The van der Waals surface area contributed by atoms with Crippen LogP contribution >= 0.6 is 0 Å². The quantitative estimate of drug-likeness (QED) is 0.705. The third kappa shape index (κ3) is 3.00. The molecule has 18 heavy (non-hydrogen) atoms. The number of rotatable bonds is 4. The molecule has 0 aliphatic carbocycles. The first kappa shape index (κ1) is 12.9. The summed E-state index contributed by atoms with van der Waals surface area (Å²) < 4.78 is 5.21. The first-order chi connectivity index (χ1) is 8.70. The van der Waals surface area contributed by atoms with Crippen LogP contribution in [0.1, 0.15) is 12.0 Å². The first-order valence-corrected chi connectivity index (χ1v) is 6.01. The highest BCUT2D eigenvalue weighted by Crippen LogP contribution is 2.17. The molecule has 3 N–H and O–H groups in total. The molecule has 98 valence electrons. The second-order valence-corrected chi connectivity index (χ2v) is 4.38. The lowest BCUT2D eigenvalue weighted by atomic mass is 10.1. The predicted molar refractivity (Wildman–Crippen MR) is 67.3 cm³/mol. The zero-order valence-electron chi connectivity index (χ0n) is 10.3. The van der Waals surface area contributed by atoms with Crippen LogP contribution in [0.2, 0.25) is 0 Å². The van der Waals surface area contributed by atoms with Crippen LogP contribution in [0.25, 0.3) is 0 Å². The Balaban J connectivity index is 1.89. The maximum atomic E-state index is 11.8. The average molecular weight is 250 g/mol. The predicted octanol–water partition coefficient (Wildman–Crippen LogP) is 0.0342. The molecule has 1 aromatic carbocycles. The van der Waals surface area contributed by atoms with Gasteiger partial charge in [0.1, 0.15) is 5.75 Å². The number of aliphatic hydroxyl groups excluding tert-OH is 1. The zero-order valence-corrected chi connectivity index (χ0v) is 10.3. The number of β-amino-alcohol motifs (C(OH)–C–C–N with tert-alkyl or cyclic N) is 1. The minimum Gasteiger partial charge on any atom is -0.496 e. The summed E-state index contributed by atoms with van der Waals surface area (Å²) in [6.45, 7) is 0.907. The highest BCUT2D eigenvalue weighted by Gasteiger charge is 2.27. The van der Waals surface area contributed by atoms with E-state index in [0.717, 1.165) is 11.3 Å². The van der Waals surface area contributed by atoms with Gasteiger partial charge in [0.15, 0.2) is 0 Å². The lowest BCUT2D eigenvalue weighted by Crippen LogP contribution is -2.40. The molecule has 1 aromatic rings. The van der Waals surface area contributed by atoms with Gasteiger partial charge in [-0.05, 0) is 12.5 Å². The molecule has 1 fully saturated rings. The summed E-state index contributed by atoms with van der Waals surface area (Å²) in [6, 6.07) is 7.27. The van der Waals surface area contributed by atoms with Gasteiger partial charge in [-0.2, -0.15) is 0 Å². The van der Waals surface area contributed by atoms with Crippen molar-refractivity contribution in [3.63, 3.8) is 0 Å². The summed E-state index contributed by atoms with van der Waals surface area (Å²) in [6.07, 6.45) is 0.0459. The molecule has 0 spiro atoms. The first-order valence-electron chi connectivity index (χ1n) is 6.01. The molecular weight excluding hydrogens is 232 g/mol. The van der Waals surface area contributed by atoms with Crippen LogP contribution in [-0.2, 0) is 11.3 Å². The van der Waals surface area contributed by atoms with Gasteiger partial charge < -0.3 is 20.5 Å². The fourth-order valence-electron chi connectivity index (χ4n) is 2.07. The van der Waals surface area contributed by atoms with Crippen LogP contribution in [0.5, 0.6) is 5.75 Å². The summed E-state index contributed by atoms with van der Waals surface area (Å²) >= 11 is 0. The fraction of sp³-hybridized carbons (Fsp3) is 0.462. The van der Waals surface area contributed by atoms with Gasteiger partial charge in [-0.15, -0.1) is 0 Å². The Morgan fingerprint density at radius 2 is 2.33 bits per heavy atom. The number of hydrogen-bond acceptors (Lipinski definition) is 4. The van der Waals surface area contributed by atoms with Gasteiger partial charge >= 0.3 is 0 Å². The van der Waals surface area contributed by atoms with Crippen molar-refractivity contribution in [3.8, 4) is 5.75 Å². The molecule has 1 saturated heterocycles. The molecule has 2 rings (SSSR count). The highest BCUT2D eigenvalue weighted by molar-refractivity contribution is 5.82. The Bertz CT molecular complexity index is 422. The zero-order chi connectivity index (χ0) is 13.0. The average Bonchev–Trinajstić information content (AvgIpc) is 2.83. The summed E-state index contributed by atoms with van der Waals surface area (Å²) in [7, 11) is 1.61. The molecule has 0 aromatic heterocycles. The van der Waals surface area contributed by atoms with Crippen molar-refractivity contribution < 1.29 is 14.6 Å². The van der Waals surface area contributed by atoms with E-state index in [1.807, 2.05) is 24.3 Å². The van der Waals surface area contributed by atoms with E-state index in [1.165, 1.54) is 0 Å². The number of nitrogens with one attached hydrogen (secondary N) is 2. The standard InChI is InChI=1S/C13H18N2O3/c1-18-12-5-3-2-4-9(12)7-15-13(17)11-6-10(16)8-14-11/h2-5,10-11,14,16H,6-8H2,1H3,(H,15,17). The number of benzene rings is 1. The summed E-state index contributed by atoms with van der Waals surface area (Å²) in [5.41, 5.74) is 0.937. The molecule has 1 aliphatic rings. The number of carbonyl (C=O) groups is 1. The third-order valence-corrected chi connectivity index (χ3v) is 3.07. The van der Waals surface area contributed by atoms with E-state index in [-0.39, 0.29) is 11.9 Å². The van der Waals surface area contributed by atoms with Gasteiger partial charge in [0.25, 0.3) is 0 Å². The molecule has 0 bridgehead atoms. The van der Waals surface area contributed by atoms with E-state index in [9.17, 15) is 9.90 Å². The van der Waals surface area contributed by atoms with Crippen molar-refractivity contribution in [1.82, 2.24) is 10.6 Å². The molecule has 5 heteroatoms. The fourth-order valence-corrected chi connectivity index (χ4v) is 2.07. The lowest BCUT2D eigenvalue weighted by Gasteiger charge is -2.12. The van der Waals surface area contributed by atoms with E-state index >= 15 is 0 Å². The highest BCUT2D eigenvalue weighted by atomic mass is 16.5. The van der Waals surface area contributed by atoms with Crippen molar-refractivity contribution in [2.24, 2.45) is 0 Å². The van der Waals surface area contributed by atoms with E-state index in [2.05, 4.69) is 10.6 Å². The van der Waals surface area contributed by atoms with Crippen LogP contribution < -0.4 is 15.4 Å². The van der Waals surface area contributed by atoms with Crippen molar-refractivity contribution in [2.75, 3.05) is 13.7 Å². The second kappa shape index (κ2) is 5.84. The van der Waals surface area contributed by atoms with Gasteiger partial charge in [0.2, 0.25) is 5.91 Å². The van der Waals surface area contributed by atoms with Gasteiger partial charge in [-0.1, -0.05) is 18.2 Å². The topological polar surface area (TPSA) is 70.6 Å². The van der Waals surface area contributed by atoms with E-state index in [0.29, 0.717) is 19.5 Å². The van der Waals surface area contributed by atoms with Crippen LogP contribution in [0.15, 0.2) is 24.3 Å². The molecule has 0 saturated carbocycles. The molecule has 1 heterocycles. The minimum absolute atomic E-state index is 0.0857. The molecule has 0 radical (unpaired) electrons. The van der Waals surface area contributed by atoms with Gasteiger partial charge in [0, 0.05) is 18.7 Å². The van der Waals surface area contributed by atoms with Crippen LogP contribution in [0.3, 0.4) is 0 Å². The molecule has 2 unspecified atom stereocenters. The Morgan fingerprint density at radius 3 is 3.00 bits per heavy atom. The van der Waals surface area contributed by atoms with Crippen LogP contribution in [0.4, 0.5) is 0 Å². The SMILES string of the molecule is COc1ccccc1CNC(=O)C1CC(O)CN1. The molecular formula is C13H18N2O3. The number of aliphatic hydroxyl groups is 1. The second-order valence-electron chi connectivity index (χ2n) is 4.38. The minimum atomic E-state index is -0.424. The monoisotopic (exact) mass is 250 g/mol. The molecule has 1 amide bonds. The smallest absolute Gasteiger partial charge is 0.237 e. The Kier molecular flexibility index (Phi) is 4.17. The third-order valence-electron chi connectivity index (χ3n) is 3.07. The van der Waals surface area contributed by atoms with Crippen molar-refractivity contribution in [3.05, 3.63) is 29.8 Å². The normalized spacial score (nSPS) is 22.8. The van der Waals surface area contributed by atoms with E-state index in [1.54, 1.807) is 7.11 Å². The van der Waals surface area contributed by atoms with E-state index in [4.69, 9.17) is 4.74 Å². The number of methoxy groups -OCH3 is 1. The lowest BCUT2D eigenvalue weighted by molar-refractivity contribution is -0.123. The maximum Gasteiger partial charge on any atom is 0.237 e. The van der Waals surface area contributed by atoms with Gasteiger partial charge in [-0.25, -0.2) is 0 Å². The summed E-state index contributed by atoms with van der Waals surface area (Å²) in [5, 5.41) is 15.2. The summed E-state index contributed by atoms with van der Waals surface area (Å²) in [5.74, 6) is 0.676. The Hall–Kier alpha value is -1.59. The number of ether oxygens (including phenoxy) is 1. The number of carbonyl (C=O) groups excluding carboxylic acids is 1. The molecule has 5 nitrogen and oxygen atoms in total. The van der Waals surface area contributed by atoms with Crippen LogP contribution in [-0.4, -0.2) is 36.8 Å². The number of hydrogen-bond donors (Lipinski definition) is 3. The Labute approximate surface area is 106 Å². The largest absolute Gasteiger partial charge is 0.496 e. The van der Waals surface area contributed by atoms with Crippen molar-refractivity contribution >= 4 is 5.91 Å². The summed E-state index contributed by atoms with van der Waals surface area (Å²) in [4.78, 5) is 11.8. The molecule has 1 aliphatic heterocycles. The van der Waals surface area contributed by atoms with Gasteiger partial charge in [-0.3, -0.25) is 4.79 Å². The number of para-hydroxylation sites is 1.